The topological polar surface area (TPSA) is 125 Å². The van der Waals surface area contributed by atoms with E-state index in [0.717, 1.165) is 4.31 Å². The molecular formula is C16H22N4O5S. The molecular weight excluding hydrogens is 360 g/mol. The van der Waals surface area contributed by atoms with Gasteiger partial charge in [-0.3, -0.25) is 14.4 Å². The molecule has 26 heavy (non-hydrogen) atoms. The average Bonchev–Trinajstić information content (AvgIpc) is 2.67. The lowest BCUT2D eigenvalue weighted by atomic mass is 10.2. The third-order valence-corrected chi connectivity index (χ3v) is 5.54. The molecule has 0 bridgehead atoms. The summed E-state index contributed by atoms with van der Waals surface area (Å²) >= 11 is 0. The Kier molecular flexibility index (Phi) is 5.98. The predicted molar refractivity (Wildman–Crippen MR) is 96.0 cm³/mol. The van der Waals surface area contributed by atoms with E-state index in [4.69, 9.17) is 0 Å². The van der Waals surface area contributed by atoms with Gasteiger partial charge in [0.2, 0.25) is 27.7 Å². The van der Waals surface area contributed by atoms with Gasteiger partial charge in [0.05, 0.1) is 22.8 Å². The number of sulfonamides is 1. The van der Waals surface area contributed by atoms with Crippen molar-refractivity contribution in [2.24, 2.45) is 0 Å². The maximum absolute atomic E-state index is 12.8. The summed E-state index contributed by atoms with van der Waals surface area (Å²) in [7, 11) is -3.95. The van der Waals surface area contributed by atoms with Crippen molar-refractivity contribution in [2.45, 2.75) is 38.1 Å². The number of rotatable bonds is 6. The summed E-state index contributed by atoms with van der Waals surface area (Å²) in [6.45, 7) is 5.00. The molecule has 0 saturated carbocycles. The Morgan fingerprint density at radius 3 is 2.38 bits per heavy atom. The van der Waals surface area contributed by atoms with Gasteiger partial charge in [-0.2, -0.15) is 4.31 Å². The molecule has 0 atom stereocenters. The molecule has 10 heteroatoms. The van der Waals surface area contributed by atoms with Crippen molar-refractivity contribution in [2.75, 3.05) is 23.7 Å². The normalized spacial score (nSPS) is 14.5. The van der Waals surface area contributed by atoms with E-state index in [2.05, 4.69) is 16.0 Å². The molecule has 1 aromatic carbocycles. The minimum Gasteiger partial charge on any atom is -0.353 e. The Morgan fingerprint density at radius 2 is 1.81 bits per heavy atom. The summed E-state index contributed by atoms with van der Waals surface area (Å²) in [6.07, 6.45) is -0.340. The SMILES string of the molecule is CCN(CC(=O)NC(C)C)S(=O)(=O)c1ccc2c(c1)NC(=O)CC(=O)N2. The zero-order valence-electron chi connectivity index (χ0n) is 14.8. The molecule has 0 saturated heterocycles. The first kappa shape index (κ1) is 19.9. The number of anilines is 2. The van der Waals surface area contributed by atoms with Gasteiger partial charge in [-0.25, -0.2) is 8.42 Å². The molecule has 142 valence electrons. The lowest BCUT2D eigenvalue weighted by Crippen LogP contribution is -2.42. The van der Waals surface area contributed by atoms with Crippen LogP contribution in [0.15, 0.2) is 23.1 Å². The first-order valence-electron chi connectivity index (χ1n) is 8.16. The van der Waals surface area contributed by atoms with Crippen LogP contribution in [0.1, 0.15) is 27.2 Å². The van der Waals surface area contributed by atoms with Crippen LogP contribution >= 0.6 is 0 Å². The van der Waals surface area contributed by atoms with Gasteiger partial charge in [-0.1, -0.05) is 6.92 Å². The second-order valence-electron chi connectivity index (χ2n) is 6.13. The zero-order valence-corrected chi connectivity index (χ0v) is 15.6. The number of carbonyl (C=O) groups excluding carboxylic acids is 3. The number of hydrogen-bond acceptors (Lipinski definition) is 5. The minimum absolute atomic E-state index is 0.0769. The van der Waals surface area contributed by atoms with Crippen molar-refractivity contribution in [3.63, 3.8) is 0 Å². The van der Waals surface area contributed by atoms with E-state index in [1.54, 1.807) is 20.8 Å². The molecule has 0 aromatic heterocycles. The summed E-state index contributed by atoms with van der Waals surface area (Å²) in [5.41, 5.74) is 0.519. The number of benzene rings is 1. The van der Waals surface area contributed by atoms with E-state index in [1.165, 1.54) is 18.2 Å². The largest absolute Gasteiger partial charge is 0.353 e. The number of nitrogens with zero attached hydrogens (tertiary/aromatic N) is 1. The Bertz CT molecular complexity index is 835. The molecule has 0 radical (unpaired) electrons. The molecule has 0 aliphatic carbocycles. The number of fused-ring (bicyclic) bond motifs is 1. The van der Waals surface area contributed by atoms with Gasteiger partial charge in [0.15, 0.2) is 0 Å². The van der Waals surface area contributed by atoms with E-state index < -0.39 is 27.7 Å². The molecule has 0 spiro atoms. The predicted octanol–water partition coefficient (Wildman–Crippen LogP) is 0.502. The average molecular weight is 382 g/mol. The first-order chi connectivity index (χ1) is 12.1. The van der Waals surface area contributed by atoms with Crippen LogP contribution in [-0.4, -0.2) is 49.6 Å². The second kappa shape index (κ2) is 7.83. The smallest absolute Gasteiger partial charge is 0.243 e. The van der Waals surface area contributed by atoms with Crippen LogP contribution in [0.4, 0.5) is 11.4 Å². The standard InChI is InChI=1S/C16H22N4O5S/c1-4-20(9-16(23)17-10(2)3)26(24,25)11-5-6-12-13(7-11)19-15(22)8-14(21)18-12/h5-7,10H,4,8-9H2,1-3H3,(H,17,23)(H,18,21)(H,19,22). The highest BCUT2D eigenvalue weighted by molar-refractivity contribution is 7.89. The van der Waals surface area contributed by atoms with Crippen LogP contribution in [0.2, 0.25) is 0 Å². The quantitative estimate of drug-likeness (QED) is 0.618. The maximum atomic E-state index is 12.8. The number of hydrogen-bond donors (Lipinski definition) is 3. The monoisotopic (exact) mass is 382 g/mol. The number of nitrogens with one attached hydrogen (secondary N) is 3. The van der Waals surface area contributed by atoms with Crippen molar-refractivity contribution >= 4 is 39.1 Å². The zero-order chi connectivity index (χ0) is 19.5. The van der Waals surface area contributed by atoms with Crippen molar-refractivity contribution in [1.82, 2.24) is 9.62 Å². The highest BCUT2D eigenvalue weighted by Crippen LogP contribution is 2.29. The summed E-state index contributed by atoms with van der Waals surface area (Å²) in [5, 5.41) is 7.69. The number of likely N-dealkylation sites (N-methyl/N-ethyl adjacent to an activating group) is 1. The fourth-order valence-electron chi connectivity index (χ4n) is 2.47. The van der Waals surface area contributed by atoms with Gasteiger partial charge in [0, 0.05) is 12.6 Å². The van der Waals surface area contributed by atoms with Crippen LogP contribution in [0.3, 0.4) is 0 Å². The van der Waals surface area contributed by atoms with Crippen molar-refractivity contribution < 1.29 is 22.8 Å². The fourth-order valence-corrected chi connectivity index (χ4v) is 3.91. The van der Waals surface area contributed by atoms with Gasteiger partial charge in [-0.15, -0.1) is 0 Å². The lowest BCUT2D eigenvalue weighted by Gasteiger charge is -2.21. The molecule has 3 N–H and O–H groups in total. The van der Waals surface area contributed by atoms with Gasteiger partial charge >= 0.3 is 0 Å². The third-order valence-electron chi connectivity index (χ3n) is 3.62. The summed E-state index contributed by atoms with van der Waals surface area (Å²) in [4.78, 5) is 35.1. The molecule has 9 nitrogen and oxygen atoms in total. The molecule has 1 heterocycles. The van der Waals surface area contributed by atoms with Crippen molar-refractivity contribution in [1.29, 1.82) is 0 Å². The van der Waals surface area contributed by atoms with Crippen molar-refractivity contribution in [3.05, 3.63) is 18.2 Å². The van der Waals surface area contributed by atoms with E-state index in [9.17, 15) is 22.8 Å². The molecule has 0 unspecified atom stereocenters. The molecule has 2 rings (SSSR count). The first-order valence-corrected chi connectivity index (χ1v) is 9.60. The van der Waals surface area contributed by atoms with Crippen LogP contribution in [0, 0.1) is 0 Å². The van der Waals surface area contributed by atoms with E-state index in [0.29, 0.717) is 5.69 Å². The molecule has 3 amide bonds. The highest BCUT2D eigenvalue weighted by atomic mass is 32.2. The van der Waals surface area contributed by atoms with Gasteiger partial charge in [0.25, 0.3) is 0 Å². The molecule has 1 aromatic rings. The third kappa shape index (κ3) is 4.58. The van der Waals surface area contributed by atoms with Crippen LogP contribution < -0.4 is 16.0 Å². The number of amides is 3. The van der Waals surface area contributed by atoms with Crippen LogP contribution in [0.5, 0.6) is 0 Å². The van der Waals surface area contributed by atoms with Gasteiger partial charge in [-0.05, 0) is 32.0 Å². The summed E-state index contributed by atoms with van der Waals surface area (Å²) in [6, 6.07) is 3.91. The minimum atomic E-state index is -3.95. The van der Waals surface area contributed by atoms with Gasteiger partial charge in [0.1, 0.15) is 6.42 Å². The Hall–Kier alpha value is -2.46. The number of carbonyl (C=O) groups is 3. The molecule has 1 aliphatic heterocycles. The Balaban J connectivity index is 2.32. The fraction of sp³-hybridized carbons (Fsp3) is 0.438. The lowest BCUT2D eigenvalue weighted by molar-refractivity contribution is -0.124. The van der Waals surface area contributed by atoms with E-state index >= 15 is 0 Å². The highest BCUT2D eigenvalue weighted by Gasteiger charge is 2.27. The molecule has 1 aliphatic rings. The Morgan fingerprint density at radius 1 is 1.19 bits per heavy atom. The van der Waals surface area contributed by atoms with Crippen molar-refractivity contribution in [3.8, 4) is 0 Å². The Labute approximate surface area is 152 Å². The summed E-state index contributed by atoms with van der Waals surface area (Å²) < 4.78 is 26.7. The second-order valence-corrected chi connectivity index (χ2v) is 8.07. The van der Waals surface area contributed by atoms with E-state index in [1.807, 2.05) is 0 Å². The van der Waals surface area contributed by atoms with Crippen LogP contribution in [-0.2, 0) is 24.4 Å². The van der Waals surface area contributed by atoms with Gasteiger partial charge < -0.3 is 16.0 Å². The maximum Gasteiger partial charge on any atom is 0.243 e. The summed E-state index contributed by atoms with van der Waals surface area (Å²) in [5.74, 6) is -1.40. The van der Waals surface area contributed by atoms with Crippen LogP contribution in [0.25, 0.3) is 0 Å². The molecule has 0 fully saturated rings. The van der Waals surface area contributed by atoms with E-state index in [-0.39, 0.29) is 36.1 Å².